The van der Waals surface area contributed by atoms with Gasteiger partial charge in [-0.25, -0.2) is 21.9 Å². The molecule has 2 bridgehead atoms. The van der Waals surface area contributed by atoms with Crippen LogP contribution in [0.3, 0.4) is 0 Å². The fourth-order valence-corrected chi connectivity index (χ4v) is 6.15. The van der Waals surface area contributed by atoms with Gasteiger partial charge < -0.3 is 10.0 Å². The number of nitrogens with zero attached hydrogens (tertiary/aromatic N) is 1. The zero-order chi connectivity index (χ0) is 25.0. The minimum Gasteiger partial charge on any atom is -0.381 e. The monoisotopic (exact) mass is 512 g/mol. The Bertz CT molecular complexity index is 1210. The van der Waals surface area contributed by atoms with Gasteiger partial charge in [-0.05, 0) is 68.4 Å². The second-order valence-corrected chi connectivity index (χ2v) is 12.0. The molecule has 6 nitrogen and oxygen atoms in total. The summed E-state index contributed by atoms with van der Waals surface area (Å²) in [6, 6.07) is 6.98. The predicted octanol–water partition coefficient (Wildman–Crippen LogP) is 3.51. The van der Waals surface area contributed by atoms with Crippen molar-refractivity contribution in [2.75, 3.05) is 6.26 Å². The summed E-state index contributed by atoms with van der Waals surface area (Å²) in [5, 5.41) is 10.6. The molecule has 2 N–H and O–H groups in total. The van der Waals surface area contributed by atoms with Gasteiger partial charge in [-0.1, -0.05) is 29.8 Å². The molecule has 34 heavy (non-hydrogen) atoms. The van der Waals surface area contributed by atoms with Crippen LogP contribution in [-0.2, 0) is 21.2 Å². The highest BCUT2D eigenvalue weighted by molar-refractivity contribution is 7.88. The van der Waals surface area contributed by atoms with E-state index in [4.69, 9.17) is 11.6 Å². The standard InChI is InChI=1S/C24H27ClF2N2O4S/c1-24(2,31)23(30)29-18-9-15(10-18)22(28-34(3,32)33)20(29)11-13-5-4-6-19(21(13)27)14-7-16(25)12-17(26)8-14/h4-8,12,15,18,20,22,28,31H,9-11H2,1-3H3/t15?,18?,20-,22-/m0/s1. The molecule has 2 aromatic rings. The number of carbonyl (C=O) groups is 1. The highest BCUT2D eigenvalue weighted by Gasteiger charge is 2.54. The van der Waals surface area contributed by atoms with Crippen LogP contribution in [0.5, 0.6) is 0 Å². The average Bonchev–Trinajstić information content (AvgIpc) is 2.66. The summed E-state index contributed by atoms with van der Waals surface area (Å²) in [6.45, 7) is 2.76. The summed E-state index contributed by atoms with van der Waals surface area (Å²) in [6.07, 6.45) is 2.28. The Morgan fingerprint density at radius 1 is 1.24 bits per heavy atom. The van der Waals surface area contributed by atoms with Crippen molar-refractivity contribution in [1.29, 1.82) is 0 Å². The molecular formula is C24H27ClF2N2O4S. The first-order valence-corrected chi connectivity index (χ1v) is 13.3. The highest BCUT2D eigenvalue weighted by Crippen LogP contribution is 2.45. The average molecular weight is 513 g/mol. The summed E-state index contributed by atoms with van der Waals surface area (Å²) in [5.74, 6) is -1.73. The molecule has 2 saturated heterocycles. The number of nitrogens with one attached hydrogen (secondary N) is 1. The summed E-state index contributed by atoms with van der Waals surface area (Å²) in [5.41, 5.74) is -1.01. The lowest BCUT2D eigenvalue weighted by Gasteiger charge is -2.58. The summed E-state index contributed by atoms with van der Waals surface area (Å²) in [7, 11) is -3.61. The number of sulfonamides is 1. The van der Waals surface area contributed by atoms with Crippen LogP contribution in [0, 0.1) is 17.6 Å². The van der Waals surface area contributed by atoms with E-state index < -0.39 is 45.2 Å². The predicted molar refractivity (Wildman–Crippen MR) is 126 cm³/mol. The second-order valence-electron chi connectivity index (χ2n) is 9.78. The molecular weight excluding hydrogens is 486 g/mol. The molecule has 2 heterocycles. The van der Waals surface area contributed by atoms with Crippen molar-refractivity contribution in [2.45, 2.75) is 56.8 Å². The summed E-state index contributed by atoms with van der Waals surface area (Å²) in [4.78, 5) is 14.7. The molecule has 10 heteroatoms. The zero-order valence-corrected chi connectivity index (χ0v) is 20.6. The van der Waals surface area contributed by atoms with E-state index in [2.05, 4.69) is 4.72 Å². The van der Waals surface area contributed by atoms with Crippen molar-refractivity contribution in [3.05, 3.63) is 58.6 Å². The molecule has 1 aliphatic carbocycles. The molecule has 1 saturated carbocycles. The third-order valence-corrected chi connectivity index (χ3v) is 7.53. The second kappa shape index (κ2) is 8.86. The smallest absolute Gasteiger partial charge is 0.254 e. The summed E-state index contributed by atoms with van der Waals surface area (Å²) >= 11 is 5.95. The lowest BCUT2D eigenvalue weighted by molar-refractivity contribution is -0.166. The number of benzene rings is 2. The number of hydrogen-bond donors (Lipinski definition) is 2. The molecule has 2 aliphatic heterocycles. The molecule has 0 aromatic heterocycles. The van der Waals surface area contributed by atoms with E-state index in [0.717, 1.165) is 12.3 Å². The Morgan fingerprint density at radius 2 is 1.91 bits per heavy atom. The minimum absolute atomic E-state index is 0.00356. The Balaban J connectivity index is 1.75. The fraction of sp³-hybridized carbons (Fsp3) is 0.458. The van der Waals surface area contributed by atoms with Gasteiger partial charge in [0, 0.05) is 22.7 Å². The van der Waals surface area contributed by atoms with E-state index >= 15 is 4.39 Å². The van der Waals surface area contributed by atoms with Crippen LogP contribution in [0.4, 0.5) is 8.78 Å². The lowest BCUT2D eigenvalue weighted by Crippen LogP contribution is -2.72. The van der Waals surface area contributed by atoms with Crippen LogP contribution in [0.2, 0.25) is 5.02 Å². The normalized spacial score (nSPS) is 24.6. The fourth-order valence-electron chi connectivity index (χ4n) is 5.08. The number of fused-ring (bicyclic) bond motifs is 2. The minimum atomic E-state index is -3.61. The molecule has 3 aliphatic rings. The van der Waals surface area contributed by atoms with Crippen molar-refractivity contribution < 1.29 is 27.1 Å². The van der Waals surface area contributed by atoms with Crippen molar-refractivity contribution in [1.82, 2.24) is 9.62 Å². The zero-order valence-electron chi connectivity index (χ0n) is 19.1. The number of rotatable bonds is 6. The number of hydrogen-bond acceptors (Lipinski definition) is 4. The van der Waals surface area contributed by atoms with Gasteiger partial charge in [0.2, 0.25) is 10.0 Å². The van der Waals surface area contributed by atoms with Gasteiger partial charge in [0.25, 0.3) is 5.91 Å². The van der Waals surface area contributed by atoms with E-state index in [0.29, 0.717) is 12.8 Å². The molecule has 2 atom stereocenters. The van der Waals surface area contributed by atoms with Crippen LogP contribution in [0.1, 0.15) is 32.3 Å². The Kier molecular flexibility index (Phi) is 6.52. The molecule has 3 fully saturated rings. The van der Waals surface area contributed by atoms with Gasteiger partial charge in [0.15, 0.2) is 0 Å². The van der Waals surface area contributed by atoms with Crippen LogP contribution in [0.15, 0.2) is 36.4 Å². The molecule has 184 valence electrons. The van der Waals surface area contributed by atoms with E-state index in [9.17, 15) is 22.7 Å². The molecule has 1 amide bonds. The maximum Gasteiger partial charge on any atom is 0.254 e. The first-order chi connectivity index (χ1) is 15.7. The molecule has 0 unspecified atom stereocenters. The largest absolute Gasteiger partial charge is 0.381 e. The highest BCUT2D eigenvalue weighted by atomic mass is 35.5. The van der Waals surface area contributed by atoms with Crippen LogP contribution in [0.25, 0.3) is 11.1 Å². The Labute approximate surface area is 203 Å². The van der Waals surface area contributed by atoms with Gasteiger partial charge >= 0.3 is 0 Å². The number of halogens is 3. The van der Waals surface area contributed by atoms with Crippen molar-refractivity contribution >= 4 is 27.5 Å². The van der Waals surface area contributed by atoms with E-state index in [1.54, 1.807) is 12.1 Å². The topological polar surface area (TPSA) is 86.7 Å². The van der Waals surface area contributed by atoms with Crippen LogP contribution in [-0.4, -0.2) is 54.3 Å². The van der Waals surface area contributed by atoms with Gasteiger partial charge in [-0.3, -0.25) is 4.79 Å². The Hall–Kier alpha value is -2.07. The van der Waals surface area contributed by atoms with E-state index in [1.807, 2.05) is 0 Å². The number of carbonyl (C=O) groups excluding carboxylic acids is 1. The Morgan fingerprint density at radius 3 is 2.50 bits per heavy atom. The van der Waals surface area contributed by atoms with Gasteiger partial charge in [-0.15, -0.1) is 0 Å². The number of amides is 1. The summed E-state index contributed by atoms with van der Waals surface area (Å²) < 4.78 is 56.4. The first kappa shape index (κ1) is 25.0. The van der Waals surface area contributed by atoms with E-state index in [-0.39, 0.29) is 40.1 Å². The SMILES string of the molecule is CC(C)(O)C(=O)N1C2CC(C2)[C@H](NS(C)(=O)=O)[C@@H]1Cc1cccc(-c2cc(F)cc(Cl)c2)c1F. The van der Waals surface area contributed by atoms with Crippen LogP contribution >= 0.6 is 11.6 Å². The van der Waals surface area contributed by atoms with Crippen molar-refractivity contribution in [2.24, 2.45) is 5.92 Å². The van der Waals surface area contributed by atoms with Gasteiger partial charge in [-0.2, -0.15) is 0 Å². The molecule has 5 rings (SSSR count). The number of piperidine rings is 2. The molecule has 0 radical (unpaired) electrons. The van der Waals surface area contributed by atoms with E-state index in [1.165, 1.54) is 36.9 Å². The first-order valence-electron chi connectivity index (χ1n) is 11.0. The molecule has 0 spiro atoms. The van der Waals surface area contributed by atoms with Gasteiger partial charge in [0.05, 0.1) is 12.3 Å². The maximum absolute atomic E-state index is 15.7. The third kappa shape index (κ3) is 4.98. The van der Waals surface area contributed by atoms with Crippen molar-refractivity contribution in [3.8, 4) is 11.1 Å². The quantitative estimate of drug-likeness (QED) is 0.620. The lowest BCUT2D eigenvalue weighted by atomic mass is 9.66. The maximum atomic E-state index is 15.7. The number of aliphatic hydroxyl groups is 1. The van der Waals surface area contributed by atoms with Crippen molar-refractivity contribution in [3.63, 3.8) is 0 Å². The van der Waals surface area contributed by atoms with Gasteiger partial charge in [0.1, 0.15) is 17.2 Å². The third-order valence-electron chi connectivity index (χ3n) is 6.61. The molecule has 2 aromatic carbocycles. The van der Waals surface area contributed by atoms with Crippen LogP contribution < -0.4 is 4.72 Å².